The minimum Gasteiger partial charge on any atom is -0.420 e. The van der Waals surface area contributed by atoms with Crippen LogP contribution in [0, 0.1) is 0 Å². The minimum absolute atomic E-state index is 0.0323. The van der Waals surface area contributed by atoms with Gasteiger partial charge in [0, 0.05) is 19.3 Å². The smallest absolute Gasteiger partial charge is 0.349 e. The van der Waals surface area contributed by atoms with Crippen molar-refractivity contribution in [2.75, 3.05) is 13.1 Å². The highest BCUT2D eigenvalue weighted by Crippen LogP contribution is 2.11. The van der Waals surface area contributed by atoms with Crippen molar-refractivity contribution in [3.63, 3.8) is 0 Å². The summed E-state index contributed by atoms with van der Waals surface area (Å²) in [6, 6.07) is 4.81. The average Bonchev–Trinajstić information content (AvgIpc) is 2.39. The van der Waals surface area contributed by atoms with E-state index < -0.39 is 5.63 Å². The Bertz CT molecular complexity index is 629. The zero-order chi connectivity index (χ0) is 13.1. The number of aromatic nitrogens is 1. The number of hydrogen-bond donors (Lipinski definition) is 0. The van der Waals surface area contributed by atoms with Crippen molar-refractivity contribution in [1.29, 1.82) is 0 Å². The van der Waals surface area contributed by atoms with Crippen molar-refractivity contribution in [2.24, 2.45) is 0 Å². The summed E-state index contributed by atoms with van der Waals surface area (Å²) < 4.78 is 5.09. The Kier molecular flexibility index (Phi) is 3.41. The van der Waals surface area contributed by atoms with Gasteiger partial charge in [-0.1, -0.05) is 0 Å². The van der Waals surface area contributed by atoms with Gasteiger partial charge >= 0.3 is 5.63 Å². The fourth-order valence-corrected chi connectivity index (χ4v) is 1.78. The molecule has 0 radical (unpaired) electrons. The molecule has 0 N–H and O–H groups in total. The van der Waals surface area contributed by atoms with Crippen molar-refractivity contribution in [2.45, 2.75) is 13.8 Å². The quantitative estimate of drug-likeness (QED) is 0.826. The lowest BCUT2D eigenvalue weighted by Gasteiger charge is -2.17. The zero-order valence-electron chi connectivity index (χ0n) is 10.3. The highest BCUT2D eigenvalue weighted by molar-refractivity contribution is 5.96. The number of carbonyl (C=O) groups excluding carboxylic acids is 1. The molecule has 0 aliphatic rings. The van der Waals surface area contributed by atoms with Crippen LogP contribution < -0.4 is 5.63 Å². The summed E-state index contributed by atoms with van der Waals surface area (Å²) in [6.45, 7) is 4.83. The molecule has 5 heteroatoms. The first-order chi connectivity index (χ1) is 8.67. The number of pyridine rings is 1. The van der Waals surface area contributed by atoms with Gasteiger partial charge in [-0.05, 0) is 32.0 Å². The van der Waals surface area contributed by atoms with Gasteiger partial charge in [0.05, 0.1) is 0 Å². The molecule has 0 saturated heterocycles. The fourth-order valence-electron chi connectivity index (χ4n) is 1.78. The van der Waals surface area contributed by atoms with Gasteiger partial charge in [0.15, 0.2) is 5.58 Å². The third-order valence-corrected chi connectivity index (χ3v) is 2.78. The summed E-state index contributed by atoms with van der Waals surface area (Å²) in [7, 11) is 0. The number of nitrogens with zero attached hydrogens (tertiary/aromatic N) is 2. The maximum Gasteiger partial charge on any atom is 0.349 e. The van der Waals surface area contributed by atoms with Crippen LogP contribution in [-0.2, 0) is 0 Å². The van der Waals surface area contributed by atoms with Gasteiger partial charge in [0.25, 0.3) is 5.91 Å². The largest absolute Gasteiger partial charge is 0.420 e. The van der Waals surface area contributed by atoms with Crippen molar-refractivity contribution in [3.8, 4) is 0 Å². The summed E-state index contributed by atoms with van der Waals surface area (Å²) >= 11 is 0. The van der Waals surface area contributed by atoms with E-state index >= 15 is 0 Å². The van der Waals surface area contributed by atoms with E-state index in [0.717, 1.165) is 0 Å². The molecule has 0 bridgehead atoms. The van der Waals surface area contributed by atoms with E-state index in [1.54, 1.807) is 23.2 Å². The average molecular weight is 246 g/mol. The summed E-state index contributed by atoms with van der Waals surface area (Å²) in [5.74, 6) is -0.318. The second-order valence-electron chi connectivity index (χ2n) is 3.81. The van der Waals surface area contributed by atoms with E-state index in [-0.39, 0.29) is 11.5 Å². The van der Waals surface area contributed by atoms with Crippen LogP contribution in [0.2, 0.25) is 0 Å². The molecule has 2 aromatic rings. The van der Waals surface area contributed by atoms with E-state index in [1.165, 1.54) is 6.07 Å². The molecular formula is C13H14N2O3. The van der Waals surface area contributed by atoms with Crippen LogP contribution in [-0.4, -0.2) is 28.9 Å². The van der Waals surface area contributed by atoms with Crippen molar-refractivity contribution >= 4 is 17.0 Å². The van der Waals surface area contributed by atoms with Gasteiger partial charge in [0.2, 0.25) is 0 Å². The highest BCUT2D eigenvalue weighted by Gasteiger charge is 2.18. The molecule has 2 heterocycles. The van der Waals surface area contributed by atoms with Crippen LogP contribution in [0.4, 0.5) is 0 Å². The molecule has 0 aliphatic carbocycles. The van der Waals surface area contributed by atoms with E-state index in [9.17, 15) is 9.59 Å². The predicted octanol–water partition coefficient (Wildman–Crippen LogP) is 1.67. The number of carbonyl (C=O) groups is 1. The van der Waals surface area contributed by atoms with E-state index in [4.69, 9.17) is 4.42 Å². The Hall–Kier alpha value is -2.17. The second-order valence-corrected chi connectivity index (χ2v) is 3.81. The van der Waals surface area contributed by atoms with Crippen LogP contribution in [0.25, 0.3) is 11.1 Å². The molecule has 2 aromatic heterocycles. The molecule has 0 spiro atoms. The molecule has 0 aromatic carbocycles. The number of amides is 1. The van der Waals surface area contributed by atoms with Crippen molar-refractivity contribution < 1.29 is 9.21 Å². The third kappa shape index (κ3) is 2.11. The standard InChI is InChI=1S/C13H14N2O3/c1-3-15(4-2)12(16)9-8-10-11(18-13(9)17)6-5-7-14-10/h5-8H,3-4H2,1-2H3. The lowest BCUT2D eigenvalue weighted by Crippen LogP contribution is -2.33. The summed E-state index contributed by atoms with van der Waals surface area (Å²) in [5, 5.41) is 0. The van der Waals surface area contributed by atoms with E-state index in [1.807, 2.05) is 13.8 Å². The van der Waals surface area contributed by atoms with Gasteiger partial charge in [0.1, 0.15) is 11.1 Å². The predicted molar refractivity (Wildman–Crippen MR) is 67.5 cm³/mol. The monoisotopic (exact) mass is 246 g/mol. The van der Waals surface area contributed by atoms with Gasteiger partial charge < -0.3 is 9.32 Å². The molecule has 5 nitrogen and oxygen atoms in total. The molecule has 94 valence electrons. The van der Waals surface area contributed by atoms with Crippen LogP contribution in [0.5, 0.6) is 0 Å². The van der Waals surface area contributed by atoms with Crippen LogP contribution >= 0.6 is 0 Å². The molecule has 0 atom stereocenters. The highest BCUT2D eigenvalue weighted by atomic mass is 16.4. The van der Waals surface area contributed by atoms with Gasteiger partial charge in [-0.2, -0.15) is 0 Å². The van der Waals surface area contributed by atoms with Crippen LogP contribution in [0.3, 0.4) is 0 Å². The molecule has 0 fully saturated rings. The Morgan fingerprint density at radius 3 is 2.78 bits per heavy atom. The van der Waals surface area contributed by atoms with Crippen molar-refractivity contribution in [1.82, 2.24) is 9.88 Å². The fraction of sp³-hybridized carbons (Fsp3) is 0.308. The SMILES string of the molecule is CCN(CC)C(=O)c1cc2ncccc2oc1=O. The van der Waals surface area contributed by atoms with Crippen LogP contribution in [0.1, 0.15) is 24.2 Å². The van der Waals surface area contributed by atoms with E-state index in [2.05, 4.69) is 4.98 Å². The maximum absolute atomic E-state index is 12.1. The first-order valence-electron chi connectivity index (χ1n) is 5.85. The van der Waals surface area contributed by atoms with Gasteiger partial charge in [-0.25, -0.2) is 4.79 Å². The summed E-state index contributed by atoms with van der Waals surface area (Å²) in [5.41, 5.74) is 0.309. The molecule has 18 heavy (non-hydrogen) atoms. The third-order valence-electron chi connectivity index (χ3n) is 2.78. The van der Waals surface area contributed by atoms with Crippen LogP contribution in [0.15, 0.2) is 33.6 Å². The Labute approximate surface area is 104 Å². The lowest BCUT2D eigenvalue weighted by atomic mass is 10.2. The summed E-state index contributed by atoms with van der Waals surface area (Å²) in [6.07, 6.45) is 1.59. The maximum atomic E-state index is 12.1. The number of fused-ring (bicyclic) bond motifs is 1. The Morgan fingerprint density at radius 1 is 1.39 bits per heavy atom. The number of rotatable bonds is 3. The topological polar surface area (TPSA) is 63.4 Å². The van der Waals surface area contributed by atoms with Crippen molar-refractivity contribution in [3.05, 3.63) is 40.4 Å². The summed E-state index contributed by atoms with van der Waals surface area (Å²) in [4.78, 5) is 29.5. The molecule has 2 rings (SSSR count). The number of hydrogen-bond acceptors (Lipinski definition) is 4. The minimum atomic E-state index is -0.618. The first-order valence-corrected chi connectivity index (χ1v) is 5.85. The Morgan fingerprint density at radius 2 is 2.11 bits per heavy atom. The van der Waals surface area contributed by atoms with E-state index in [0.29, 0.717) is 24.2 Å². The lowest BCUT2D eigenvalue weighted by molar-refractivity contribution is 0.0769. The van der Waals surface area contributed by atoms with Gasteiger partial charge in [-0.3, -0.25) is 9.78 Å². The zero-order valence-corrected chi connectivity index (χ0v) is 10.3. The van der Waals surface area contributed by atoms with Gasteiger partial charge in [-0.15, -0.1) is 0 Å². The molecule has 0 unspecified atom stereocenters. The first kappa shape index (κ1) is 12.3. The second kappa shape index (κ2) is 5.00. The normalized spacial score (nSPS) is 10.6. The molecule has 0 saturated carbocycles. The molecular weight excluding hydrogens is 232 g/mol. The molecule has 0 aliphatic heterocycles. The molecule has 1 amide bonds. The Balaban J connectivity index is 2.54.